The van der Waals surface area contributed by atoms with Crippen LogP contribution in [0.1, 0.15) is 22.8 Å². The van der Waals surface area contributed by atoms with Crippen molar-refractivity contribution in [1.29, 1.82) is 0 Å². The van der Waals surface area contributed by atoms with E-state index in [2.05, 4.69) is 10.1 Å². The number of carbonyl (C=O) groups excluding carboxylic acids is 3. The minimum Gasteiger partial charge on any atom is -0.435 e. The predicted octanol–water partition coefficient (Wildman–Crippen LogP) is 3.59. The number of hydrogen-bond donors (Lipinski definition) is 1. The van der Waals surface area contributed by atoms with Gasteiger partial charge in [0, 0.05) is 16.1 Å². The standard InChI is InChI=1S/C19H15ClF2N2O4/c1-19(13-4-2-3-5-14(13)20)16(26)24(18(27)23-19)10-15(25)11-6-8-12(9-7-11)28-17(21)22/h2-9,17H,10H2,1H3,(H,23,27)/t19-/m1/s1. The summed E-state index contributed by atoms with van der Waals surface area (Å²) >= 11 is 6.15. The first kappa shape index (κ1) is 19.8. The lowest BCUT2D eigenvalue weighted by atomic mass is 9.92. The van der Waals surface area contributed by atoms with E-state index in [-0.39, 0.29) is 11.3 Å². The van der Waals surface area contributed by atoms with Gasteiger partial charge < -0.3 is 10.1 Å². The number of ether oxygens (including phenoxy) is 1. The molecule has 2 aromatic carbocycles. The quantitative estimate of drug-likeness (QED) is 0.585. The van der Waals surface area contributed by atoms with E-state index in [9.17, 15) is 23.2 Å². The molecule has 1 N–H and O–H groups in total. The molecule has 2 aromatic rings. The fraction of sp³-hybridized carbons (Fsp3) is 0.211. The lowest BCUT2D eigenvalue weighted by molar-refractivity contribution is -0.130. The Morgan fingerprint density at radius 1 is 1.18 bits per heavy atom. The molecule has 6 nitrogen and oxygen atoms in total. The number of nitrogens with one attached hydrogen (secondary N) is 1. The molecule has 3 rings (SSSR count). The zero-order valence-corrected chi connectivity index (χ0v) is 15.4. The number of carbonyl (C=O) groups is 3. The number of halogens is 3. The van der Waals surface area contributed by atoms with Gasteiger partial charge in [0.2, 0.25) is 0 Å². The Kier molecular flexibility index (Phi) is 5.33. The zero-order chi connectivity index (χ0) is 20.5. The van der Waals surface area contributed by atoms with Gasteiger partial charge in [-0.15, -0.1) is 0 Å². The number of alkyl halides is 2. The van der Waals surface area contributed by atoms with Gasteiger partial charge in [0.05, 0.1) is 6.54 Å². The van der Waals surface area contributed by atoms with E-state index < -0.39 is 36.4 Å². The minimum atomic E-state index is -2.98. The number of ketones is 1. The summed E-state index contributed by atoms with van der Waals surface area (Å²) in [6, 6.07) is 10.8. The van der Waals surface area contributed by atoms with Gasteiger partial charge in [-0.25, -0.2) is 4.79 Å². The van der Waals surface area contributed by atoms with Gasteiger partial charge >= 0.3 is 12.6 Å². The SMILES string of the molecule is C[C@]1(c2ccccc2Cl)NC(=O)N(CC(=O)c2ccc(OC(F)F)cc2)C1=O. The number of amides is 3. The van der Waals surface area contributed by atoms with Crippen LogP contribution in [0.25, 0.3) is 0 Å². The Morgan fingerprint density at radius 2 is 1.82 bits per heavy atom. The van der Waals surface area contributed by atoms with Crippen LogP contribution < -0.4 is 10.1 Å². The first-order valence-corrected chi connectivity index (χ1v) is 8.57. The van der Waals surface area contributed by atoms with Gasteiger partial charge in [0.25, 0.3) is 5.91 Å². The van der Waals surface area contributed by atoms with Gasteiger partial charge in [-0.1, -0.05) is 29.8 Å². The number of urea groups is 1. The van der Waals surface area contributed by atoms with Crippen molar-refractivity contribution < 1.29 is 27.9 Å². The molecule has 0 aromatic heterocycles. The maximum atomic E-state index is 12.9. The van der Waals surface area contributed by atoms with Gasteiger partial charge in [-0.3, -0.25) is 14.5 Å². The highest BCUT2D eigenvalue weighted by Crippen LogP contribution is 2.33. The monoisotopic (exact) mass is 408 g/mol. The maximum absolute atomic E-state index is 12.9. The molecule has 1 saturated heterocycles. The number of benzene rings is 2. The van der Waals surface area contributed by atoms with Crippen LogP contribution in [-0.4, -0.2) is 35.8 Å². The summed E-state index contributed by atoms with van der Waals surface area (Å²) in [5, 5.41) is 2.88. The van der Waals surface area contributed by atoms with Gasteiger partial charge in [-0.2, -0.15) is 8.78 Å². The molecule has 1 atom stereocenters. The van der Waals surface area contributed by atoms with Crippen molar-refractivity contribution >= 4 is 29.3 Å². The summed E-state index contributed by atoms with van der Waals surface area (Å²) in [4.78, 5) is 38.4. The average Bonchev–Trinajstić information content (AvgIpc) is 2.86. The van der Waals surface area contributed by atoms with Crippen LogP contribution >= 0.6 is 11.6 Å². The lowest BCUT2D eigenvalue weighted by Crippen LogP contribution is -2.41. The van der Waals surface area contributed by atoms with E-state index in [0.29, 0.717) is 10.6 Å². The summed E-state index contributed by atoms with van der Waals surface area (Å²) in [5.41, 5.74) is -0.836. The van der Waals surface area contributed by atoms with Crippen LogP contribution in [0.4, 0.5) is 13.6 Å². The number of nitrogens with zero attached hydrogens (tertiary/aromatic N) is 1. The van der Waals surface area contributed by atoms with Crippen LogP contribution in [-0.2, 0) is 10.3 Å². The number of Topliss-reactive ketones (excluding diaryl/α,β-unsaturated/α-hetero) is 1. The van der Waals surface area contributed by atoms with Crippen LogP contribution in [0.15, 0.2) is 48.5 Å². The zero-order valence-electron chi connectivity index (χ0n) is 14.6. The van der Waals surface area contributed by atoms with Crippen molar-refractivity contribution in [3.8, 4) is 5.75 Å². The maximum Gasteiger partial charge on any atom is 0.387 e. The Balaban J connectivity index is 1.77. The Bertz CT molecular complexity index is 936. The molecular formula is C19H15ClF2N2O4. The summed E-state index contributed by atoms with van der Waals surface area (Å²) < 4.78 is 28.6. The fourth-order valence-corrected chi connectivity index (χ4v) is 3.27. The molecular weight excluding hydrogens is 394 g/mol. The van der Waals surface area contributed by atoms with Crippen molar-refractivity contribution in [3.05, 3.63) is 64.7 Å². The molecule has 9 heteroatoms. The van der Waals surface area contributed by atoms with Gasteiger partial charge in [-0.05, 0) is 37.3 Å². The van der Waals surface area contributed by atoms with E-state index in [0.717, 1.165) is 4.90 Å². The second-order valence-electron chi connectivity index (χ2n) is 6.25. The highest BCUT2D eigenvalue weighted by Gasteiger charge is 2.50. The predicted molar refractivity (Wildman–Crippen MR) is 96.5 cm³/mol. The van der Waals surface area contributed by atoms with E-state index in [1.165, 1.54) is 31.2 Å². The molecule has 1 aliphatic heterocycles. The van der Waals surface area contributed by atoms with Crippen molar-refractivity contribution in [3.63, 3.8) is 0 Å². The molecule has 146 valence electrons. The minimum absolute atomic E-state index is 0.104. The molecule has 0 unspecified atom stereocenters. The smallest absolute Gasteiger partial charge is 0.387 e. The van der Waals surface area contributed by atoms with E-state index in [1.807, 2.05) is 0 Å². The van der Waals surface area contributed by atoms with Gasteiger partial charge in [0.1, 0.15) is 11.3 Å². The lowest BCUT2D eigenvalue weighted by Gasteiger charge is -2.23. The van der Waals surface area contributed by atoms with Crippen molar-refractivity contribution in [2.24, 2.45) is 0 Å². The molecule has 1 fully saturated rings. The summed E-state index contributed by atoms with van der Waals surface area (Å²) in [7, 11) is 0. The molecule has 1 aliphatic rings. The van der Waals surface area contributed by atoms with Crippen LogP contribution in [0, 0.1) is 0 Å². The van der Waals surface area contributed by atoms with Crippen molar-refractivity contribution in [1.82, 2.24) is 10.2 Å². The molecule has 0 spiro atoms. The van der Waals surface area contributed by atoms with Crippen molar-refractivity contribution in [2.75, 3.05) is 6.54 Å². The first-order valence-electron chi connectivity index (χ1n) is 8.19. The van der Waals surface area contributed by atoms with Crippen LogP contribution in [0.2, 0.25) is 5.02 Å². The normalized spacial score (nSPS) is 19.1. The molecule has 1 heterocycles. The third-order valence-electron chi connectivity index (χ3n) is 4.39. The molecule has 3 amide bonds. The number of hydrogen-bond acceptors (Lipinski definition) is 4. The number of imide groups is 1. The highest BCUT2D eigenvalue weighted by atomic mass is 35.5. The topological polar surface area (TPSA) is 75.7 Å². The largest absolute Gasteiger partial charge is 0.435 e. The molecule has 0 radical (unpaired) electrons. The first-order chi connectivity index (χ1) is 13.2. The third-order valence-corrected chi connectivity index (χ3v) is 4.72. The molecule has 0 saturated carbocycles. The number of rotatable bonds is 6. The van der Waals surface area contributed by atoms with E-state index >= 15 is 0 Å². The Morgan fingerprint density at radius 3 is 2.43 bits per heavy atom. The fourth-order valence-electron chi connectivity index (χ4n) is 2.95. The molecule has 0 aliphatic carbocycles. The summed E-state index contributed by atoms with van der Waals surface area (Å²) in [5.74, 6) is -1.25. The van der Waals surface area contributed by atoms with E-state index in [1.54, 1.807) is 24.3 Å². The van der Waals surface area contributed by atoms with Crippen molar-refractivity contribution in [2.45, 2.75) is 19.1 Å². The highest BCUT2D eigenvalue weighted by molar-refractivity contribution is 6.32. The second kappa shape index (κ2) is 7.55. The third kappa shape index (κ3) is 3.68. The molecule has 0 bridgehead atoms. The Hall–Kier alpha value is -3.00. The van der Waals surface area contributed by atoms with Crippen LogP contribution in [0.3, 0.4) is 0 Å². The Labute approximate surface area is 164 Å². The van der Waals surface area contributed by atoms with Gasteiger partial charge in [0.15, 0.2) is 5.78 Å². The van der Waals surface area contributed by atoms with E-state index in [4.69, 9.17) is 11.6 Å². The summed E-state index contributed by atoms with van der Waals surface area (Å²) in [6.45, 7) is -1.97. The van der Waals surface area contributed by atoms with Crippen LogP contribution in [0.5, 0.6) is 5.75 Å². The summed E-state index contributed by atoms with van der Waals surface area (Å²) in [6.07, 6.45) is 0. The second-order valence-corrected chi connectivity index (χ2v) is 6.66. The average molecular weight is 409 g/mol. The molecule has 28 heavy (non-hydrogen) atoms.